The van der Waals surface area contributed by atoms with Gasteiger partial charge in [-0.3, -0.25) is 0 Å². The van der Waals surface area contributed by atoms with E-state index in [4.69, 9.17) is 15.0 Å². The summed E-state index contributed by atoms with van der Waals surface area (Å²) in [6, 6.07) is 16.7. The molecule has 0 aliphatic carbocycles. The third-order valence-corrected chi connectivity index (χ3v) is 7.75. The molecular formula is C34H25FN8. The van der Waals surface area contributed by atoms with Crippen LogP contribution in [-0.4, -0.2) is 39.0 Å². The molecule has 6 aromatic rings. The molecule has 0 unspecified atom stereocenters. The van der Waals surface area contributed by atoms with Crippen LogP contribution in [0.3, 0.4) is 0 Å². The second kappa shape index (κ2) is 9.63. The van der Waals surface area contributed by atoms with Crippen molar-refractivity contribution >= 4 is 46.4 Å². The van der Waals surface area contributed by atoms with E-state index in [2.05, 4.69) is 21.0 Å². The predicted octanol–water partition coefficient (Wildman–Crippen LogP) is 7.26. The first-order valence-electron chi connectivity index (χ1n) is 13.9. The smallest absolute Gasteiger partial charge is 0.143 e. The maximum atomic E-state index is 14.0. The molecule has 0 atom stereocenters. The zero-order chi connectivity index (χ0) is 29.1. The van der Waals surface area contributed by atoms with Crippen molar-refractivity contribution in [3.8, 4) is 33.9 Å². The van der Waals surface area contributed by atoms with E-state index in [-0.39, 0.29) is 5.82 Å². The average Bonchev–Trinajstić information content (AvgIpc) is 3.84. The summed E-state index contributed by atoms with van der Waals surface area (Å²) < 4.78 is 17.9. The number of hydrogen-bond donors (Lipinski definition) is 2. The van der Waals surface area contributed by atoms with Gasteiger partial charge in [0.1, 0.15) is 17.5 Å². The maximum Gasteiger partial charge on any atom is 0.143 e. The summed E-state index contributed by atoms with van der Waals surface area (Å²) >= 11 is 0. The summed E-state index contributed by atoms with van der Waals surface area (Å²) in [5.41, 5.74) is 10.2. The maximum absolute atomic E-state index is 14.0. The Labute approximate surface area is 245 Å². The first-order chi connectivity index (χ1) is 21.0. The van der Waals surface area contributed by atoms with Crippen LogP contribution in [0.4, 0.5) is 4.39 Å². The number of rotatable bonds is 3. The highest BCUT2D eigenvalue weighted by molar-refractivity contribution is 5.98. The molecule has 0 fully saturated rings. The zero-order valence-corrected chi connectivity index (χ0v) is 23.4. The number of nitrogens with one attached hydrogen (secondary N) is 2. The van der Waals surface area contributed by atoms with Crippen molar-refractivity contribution in [2.24, 2.45) is 14.1 Å². The Balaban J connectivity index is 1.52. The van der Waals surface area contributed by atoms with Crippen molar-refractivity contribution in [1.29, 1.82) is 0 Å². The molecule has 9 heteroatoms. The van der Waals surface area contributed by atoms with Crippen LogP contribution in [0.5, 0.6) is 0 Å². The van der Waals surface area contributed by atoms with Crippen molar-refractivity contribution in [1.82, 2.24) is 39.0 Å². The second-order valence-electron chi connectivity index (χ2n) is 10.6. The lowest BCUT2D eigenvalue weighted by Gasteiger charge is -2.07. The van der Waals surface area contributed by atoms with Crippen molar-refractivity contribution < 1.29 is 4.39 Å². The minimum atomic E-state index is -0.287. The second-order valence-corrected chi connectivity index (χ2v) is 10.6. The molecule has 2 aliphatic heterocycles. The van der Waals surface area contributed by atoms with Gasteiger partial charge in [0.2, 0.25) is 0 Å². The monoisotopic (exact) mass is 564 g/mol. The fourth-order valence-electron chi connectivity index (χ4n) is 5.70. The van der Waals surface area contributed by atoms with Gasteiger partial charge >= 0.3 is 0 Å². The summed E-state index contributed by atoms with van der Waals surface area (Å²) in [6.45, 7) is 0. The van der Waals surface area contributed by atoms with Crippen LogP contribution < -0.4 is 0 Å². The van der Waals surface area contributed by atoms with Crippen LogP contribution in [0.2, 0.25) is 0 Å². The van der Waals surface area contributed by atoms with Gasteiger partial charge in [0.15, 0.2) is 0 Å². The molecule has 1 aromatic carbocycles. The lowest BCUT2D eigenvalue weighted by atomic mass is 10.0. The highest BCUT2D eigenvalue weighted by Crippen LogP contribution is 2.36. The van der Waals surface area contributed by atoms with Gasteiger partial charge in [0, 0.05) is 55.5 Å². The molecule has 2 N–H and O–H groups in total. The molecule has 0 spiro atoms. The van der Waals surface area contributed by atoms with E-state index in [1.165, 1.54) is 12.1 Å². The minimum absolute atomic E-state index is 0.287. The molecule has 7 heterocycles. The predicted molar refractivity (Wildman–Crippen MR) is 169 cm³/mol. The number of H-pyrrole nitrogens is 2. The van der Waals surface area contributed by atoms with Crippen LogP contribution in [0.25, 0.3) is 80.3 Å². The molecule has 0 amide bonds. The van der Waals surface area contributed by atoms with E-state index in [1.807, 2.05) is 84.2 Å². The fourth-order valence-corrected chi connectivity index (χ4v) is 5.70. The number of halogens is 1. The Morgan fingerprint density at radius 1 is 0.651 bits per heavy atom. The number of aromatic amines is 2. The molecule has 8 rings (SSSR count). The highest BCUT2D eigenvalue weighted by atomic mass is 19.1. The normalized spacial score (nSPS) is 12.3. The Morgan fingerprint density at radius 2 is 1.28 bits per heavy atom. The Kier molecular flexibility index (Phi) is 5.58. The standard InChI is InChI=1S/C34H25FN8/c1-42-15-13-36-33(42)30-27-10-7-22(38-27)17-23-9-12-29(40-23)31(34-37-14-16-43(34)2)32-26(20-3-5-21(35)6-4-20)19-25(41-32)18-24-8-11-28(30)39-24/h3-19,38,41H,1-2H3. The number of imidazole rings is 2. The lowest BCUT2D eigenvalue weighted by Crippen LogP contribution is -1.95. The van der Waals surface area contributed by atoms with Gasteiger partial charge in [-0.25, -0.2) is 24.3 Å². The number of aromatic nitrogens is 8. The van der Waals surface area contributed by atoms with Crippen molar-refractivity contribution in [2.45, 2.75) is 0 Å². The van der Waals surface area contributed by atoms with E-state index < -0.39 is 0 Å². The average molecular weight is 565 g/mol. The zero-order valence-electron chi connectivity index (χ0n) is 23.4. The molecule has 0 saturated heterocycles. The number of hydrogen-bond acceptors (Lipinski definition) is 4. The molecule has 8 bridgehead atoms. The number of nitrogens with zero attached hydrogens (tertiary/aromatic N) is 6. The van der Waals surface area contributed by atoms with Gasteiger partial charge in [0.05, 0.1) is 44.9 Å². The van der Waals surface area contributed by atoms with Gasteiger partial charge in [0.25, 0.3) is 0 Å². The Bertz CT molecular complexity index is 2280. The van der Waals surface area contributed by atoms with Gasteiger partial charge in [-0.05, 0) is 72.3 Å². The lowest BCUT2D eigenvalue weighted by molar-refractivity contribution is 0.628. The molecule has 0 radical (unpaired) electrons. The van der Waals surface area contributed by atoms with Gasteiger partial charge in [-0.1, -0.05) is 12.1 Å². The quantitative estimate of drug-likeness (QED) is 0.236. The number of benzene rings is 1. The molecule has 2 aliphatic rings. The van der Waals surface area contributed by atoms with Crippen molar-refractivity contribution in [3.63, 3.8) is 0 Å². The Hall–Kier alpha value is -5.83. The van der Waals surface area contributed by atoms with Crippen LogP contribution in [0.1, 0.15) is 22.8 Å². The van der Waals surface area contributed by atoms with Crippen molar-refractivity contribution in [2.75, 3.05) is 0 Å². The van der Waals surface area contributed by atoms with E-state index in [9.17, 15) is 4.39 Å². The van der Waals surface area contributed by atoms with Crippen LogP contribution in [0, 0.1) is 5.82 Å². The number of aryl methyl sites for hydroxylation is 2. The summed E-state index contributed by atoms with van der Waals surface area (Å²) in [5, 5.41) is 0. The molecule has 8 nitrogen and oxygen atoms in total. The van der Waals surface area contributed by atoms with Crippen LogP contribution in [-0.2, 0) is 14.1 Å². The SMILES string of the molecule is Cn1ccnc1-c1c2nc(cc3cc(-c4ccc(F)cc4)c([nH]3)c(-c3nccn3C)c3nc(cc4ccc1[nH]4)C=C3)C=C2. The topological polar surface area (TPSA) is 93.0 Å². The third-order valence-electron chi connectivity index (χ3n) is 7.75. The first kappa shape index (κ1) is 24.9. The van der Waals surface area contributed by atoms with E-state index in [0.717, 1.165) is 78.7 Å². The van der Waals surface area contributed by atoms with Crippen molar-refractivity contribution in [3.05, 3.63) is 108 Å². The fraction of sp³-hybridized carbons (Fsp3) is 0.0588. The van der Waals surface area contributed by atoms with E-state index in [1.54, 1.807) is 24.5 Å². The third kappa shape index (κ3) is 4.29. The van der Waals surface area contributed by atoms with Gasteiger partial charge < -0.3 is 19.1 Å². The van der Waals surface area contributed by atoms with Gasteiger partial charge in [-0.2, -0.15) is 0 Å². The van der Waals surface area contributed by atoms with Gasteiger partial charge in [-0.15, -0.1) is 0 Å². The highest BCUT2D eigenvalue weighted by Gasteiger charge is 2.19. The van der Waals surface area contributed by atoms with Crippen LogP contribution >= 0.6 is 0 Å². The van der Waals surface area contributed by atoms with Crippen LogP contribution in [0.15, 0.2) is 79.4 Å². The molecule has 208 valence electrons. The first-order valence-corrected chi connectivity index (χ1v) is 13.9. The Morgan fingerprint density at radius 3 is 1.93 bits per heavy atom. The summed E-state index contributed by atoms with van der Waals surface area (Å²) in [7, 11) is 3.94. The molecule has 43 heavy (non-hydrogen) atoms. The largest absolute Gasteiger partial charge is 0.355 e. The number of fused-ring (bicyclic) bond motifs is 8. The summed E-state index contributed by atoms with van der Waals surface area (Å²) in [4.78, 5) is 26.6. The minimum Gasteiger partial charge on any atom is -0.355 e. The summed E-state index contributed by atoms with van der Waals surface area (Å²) in [6.07, 6.45) is 15.4. The molecule has 5 aromatic heterocycles. The van der Waals surface area contributed by atoms with E-state index >= 15 is 0 Å². The molecular weight excluding hydrogens is 539 g/mol. The molecule has 0 saturated carbocycles. The van der Waals surface area contributed by atoms with E-state index in [0.29, 0.717) is 0 Å². The summed E-state index contributed by atoms with van der Waals surface area (Å²) in [5.74, 6) is 1.28.